The molecule has 4 aliphatic heterocycles. The highest BCUT2D eigenvalue weighted by atomic mass is 19.1. The summed E-state index contributed by atoms with van der Waals surface area (Å²) in [6.45, 7) is 5.66. The molecule has 0 bridgehead atoms. The molecule has 5 amide bonds. The fourth-order valence-electron chi connectivity index (χ4n) is 9.69. The second kappa shape index (κ2) is 18.3. The van der Waals surface area contributed by atoms with E-state index >= 15 is 0 Å². The van der Waals surface area contributed by atoms with Crippen molar-refractivity contribution in [3.8, 4) is 22.9 Å². The molecule has 340 valence electrons. The van der Waals surface area contributed by atoms with Gasteiger partial charge < -0.3 is 30.1 Å². The number of ether oxygens (including phenoxy) is 1. The zero-order valence-electron chi connectivity index (χ0n) is 36.3. The lowest BCUT2D eigenvalue weighted by Gasteiger charge is -2.41. The van der Waals surface area contributed by atoms with Crippen molar-refractivity contribution < 1.29 is 37.5 Å². The molecule has 0 spiro atoms. The van der Waals surface area contributed by atoms with E-state index in [0.29, 0.717) is 74.0 Å². The van der Waals surface area contributed by atoms with Crippen LogP contribution in [0.2, 0.25) is 0 Å². The first-order valence-electron chi connectivity index (χ1n) is 22.2. The molecule has 0 aliphatic carbocycles. The Morgan fingerprint density at radius 2 is 1.77 bits per heavy atom. The Hall–Kier alpha value is -7.26. The van der Waals surface area contributed by atoms with Crippen LogP contribution >= 0.6 is 0 Å². The highest BCUT2D eigenvalue weighted by molar-refractivity contribution is 6.05. The van der Waals surface area contributed by atoms with Gasteiger partial charge in [-0.05, 0) is 112 Å². The minimum Gasteiger partial charge on any atom is -0.492 e. The minimum atomic E-state index is -1.43. The van der Waals surface area contributed by atoms with Gasteiger partial charge in [0.15, 0.2) is 0 Å². The fourth-order valence-corrected chi connectivity index (χ4v) is 9.69. The Morgan fingerprint density at radius 1 is 0.970 bits per heavy atom. The average molecular weight is 899 g/mol. The van der Waals surface area contributed by atoms with Gasteiger partial charge in [0.2, 0.25) is 17.7 Å². The van der Waals surface area contributed by atoms with Gasteiger partial charge in [-0.1, -0.05) is 12.1 Å². The van der Waals surface area contributed by atoms with Gasteiger partial charge in [0.1, 0.15) is 40.9 Å². The van der Waals surface area contributed by atoms with Crippen molar-refractivity contribution in [2.75, 3.05) is 50.8 Å². The van der Waals surface area contributed by atoms with Gasteiger partial charge in [-0.15, -0.1) is 0 Å². The number of rotatable bonds is 12. The number of carbonyl (C=O) groups excluding carboxylic acids is 5. The molecule has 9 rings (SSSR count). The molecule has 3 N–H and O–H groups in total. The number of likely N-dealkylation sites (tertiary alicyclic amines) is 1. The Bertz CT molecular complexity index is 2770. The van der Waals surface area contributed by atoms with Gasteiger partial charge in [0.05, 0.1) is 35.6 Å². The number of anilines is 1. The standard InChI is InChI=1S/C48H48F2N10O6/c1-2-66-35-23-37(43-33(24-51)26-54-60(43)28-35)31-4-9-41(53-25-31)58-18-13-48(14-19-58,56-44(62)38-22-34(49)5-7-39(38)50)47(65)52-15-20-57-16-11-29(12-17-57)30-3-6-36-32(21-30)27-59(46(36)64)40-8-10-42(61)55-45(40)63/h3-7,9,21-23,25-26,28-29,40H,2,8,10-20,27H2,1H3,(H,52,65)(H,56,62)(H,55,61,63). The van der Waals surface area contributed by atoms with Crippen molar-refractivity contribution in [2.24, 2.45) is 0 Å². The first-order chi connectivity index (χ1) is 31.9. The topological polar surface area (TPSA) is 194 Å². The monoisotopic (exact) mass is 898 g/mol. The smallest absolute Gasteiger partial charge is 0.255 e. The van der Waals surface area contributed by atoms with Crippen LogP contribution in [-0.2, 0) is 20.9 Å². The number of aromatic nitrogens is 3. The number of nitrogens with zero attached hydrogens (tertiary/aromatic N) is 7. The van der Waals surface area contributed by atoms with E-state index in [4.69, 9.17) is 9.72 Å². The predicted octanol–water partition coefficient (Wildman–Crippen LogP) is 4.47. The molecule has 16 nitrogen and oxygen atoms in total. The maximum Gasteiger partial charge on any atom is 0.255 e. The number of benzene rings is 2. The molecular weight excluding hydrogens is 851 g/mol. The van der Waals surface area contributed by atoms with Crippen molar-refractivity contribution in [3.05, 3.63) is 113 Å². The van der Waals surface area contributed by atoms with E-state index in [1.54, 1.807) is 21.8 Å². The van der Waals surface area contributed by atoms with Gasteiger partial charge in [0.25, 0.3) is 11.8 Å². The molecule has 3 fully saturated rings. The first kappa shape index (κ1) is 44.0. The molecule has 1 unspecified atom stereocenters. The second-order valence-electron chi connectivity index (χ2n) is 17.2. The lowest BCUT2D eigenvalue weighted by molar-refractivity contribution is -0.137. The molecule has 7 heterocycles. The van der Waals surface area contributed by atoms with E-state index in [9.17, 15) is 38.0 Å². The normalized spacial score (nSPS) is 18.8. The third-order valence-corrected chi connectivity index (χ3v) is 13.3. The van der Waals surface area contributed by atoms with Gasteiger partial charge >= 0.3 is 0 Å². The maximum atomic E-state index is 14.8. The second-order valence-corrected chi connectivity index (χ2v) is 17.2. The van der Waals surface area contributed by atoms with Crippen molar-refractivity contribution in [3.63, 3.8) is 0 Å². The van der Waals surface area contributed by atoms with Gasteiger partial charge in [0, 0.05) is 62.0 Å². The number of nitriles is 1. The number of halogens is 2. The van der Waals surface area contributed by atoms with Crippen LogP contribution in [-0.4, -0.2) is 111 Å². The number of imide groups is 1. The summed E-state index contributed by atoms with van der Waals surface area (Å²) in [5.74, 6) is -2.48. The van der Waals surface area contributed by atoms with Crippen LogP contribution in [0.25, 0.3) is 16.6 Å². The zero-order chi connectivity index (χ0) is 46.1. The predicted molar refractivity (Wildman–Crippen MR) is 236 cm³/mol. The van der Waals surface area contributed by atoms with Crippen LogP contribution in [0.4, 0.5) is 14.6 Å². The van der Waals surface area contributed by atoms with Crippen LogP contribution in [0.5, 0.6) is 5.75 Å². The molecule has 18 heteroatoms. The number of hydrogen-bond acceptors (Lipinski definition) is 11. The summed E-state index contributed by atoms with van der Waals surface area (Å²) < 4.78 is 36.4. The van der Waals surface area contributed by atoms with Crippen molar-refractivity contribution in [1.29, 1.82) is 5.26 Å². The molecule has 1 atom stereocenters. The SMILES string of the molecule is CCOc1cc(-c2ccc(N3CCC(NC(=O)c4cc(F)ccc4F)(C(=O)NCCN4CCC(c5ccc6c(c5)CN(C5CCC(=O)NC5=O)C6=O)CC4)CC3)nc2)c2c(C#N)cnn2c1. The summed E-state index contributed by atoms with van der Waals surface area (Å²) in [6, 6.07) is 15.6. The van der Waals surface area contributed by atoms with E-state index in [1.807, 2.05) is 42.2 Å². The Morgan fingerprint density at radius 3 is 2.50 bits per heavy atom. The van der Waals surface area contributed by atoms with Crippen LogP contribution < -0.4 is 25.6 Å². The van der Waals surface area contributed by atoms with E-state index < -0.39 is 46.5 Å². The molecule has 3 saturated heterocycles. The molecular formula is C48H48F2N10O6. The summed E-state index contributed by atoms with van der Waals surface area (Å²) in [7, 11) is 0. The van der Waals surface area contributed by atoms with Gasteiger partial charge in [-0.2, -0.15) is 10.4 Å². The summed E-state index contributed by atoms with van der Waals surface area (Å²) in [6.07, 6.45) is 7.46. The molecule has 2 aromatic carbocycles. The molecule has 0 saturated carbocycles. The lowest BCUT2D eigenvalue weighted by atomic mass is 9.85. The van der Waals surface area contributed by atoms with Crippen LogP contribution in [0.15, 0.2) is 73.2 Å². The zero-order valence-corrected chi connectivity index (χ0v) is 36.3. The Labute approximate surface area is 378 Å². The van der Waals surface area contributed by atoms with Crippen LogP contribution in [0, 0.1) is 23.0 Å². The molecule has 66 heavy (non-hydrogen) atoms. The fraction of sp³-hybridized carbons (Fsp3) is 0.375. The molecule has 3 aromatic heterocycles. The maximum absolute atomic E-state index is 14.8. The summed E-state index contributed by atoms with van der Waals surface area (Å²) >= 11 is 0. The molecule has 4 aliphatic rings. The number of carbonyl (C=O) groups is 5. The summed E-state index contributed by atoms with van der Waals surface area (Å²) in [5, 5.41) is 22.3. The largest absolute Gasteiger partial charge is 0.492 e. The van der Waals surface area contributed by atoms with E-state index in [0.717, 1.165) is 66.4 Å². The van der Waals surface area contributed by atoms with Crippen LogP contribution in [0.3, 0.4) is 0 Å². The van der Waals surface area contributed by atoms with Gasteiger partial charge in [-0.3, -0.25) is 29.3 Å². The summed E-state index contributed by atoms with van der Waals surface area (Å²) in [4.78, 5) is 75.7. The van der Waals surface area contributed by atoms with Gasteiger partial charge in [-0.25, -0.2) is 18.3 Å². The van der Waals surface area contributed by atoms with Crippen molar-refractivity contribution >= 4 is 40.9 Å². The highest BCUT2D eigenvalue weighted by Crippen LogP contribution is 2.35. The number of pyridine rings is 2. The van der Waals surface area contributed by atoms with Crippen molar-refractivity contribution in [2.45, 2.75) is 69.5 Å². The third kappa shape index (κ3) is 8.65. The average Bonchev–Trinajstić information content (AvgIpc) is 3.89. The summed E-state index contributed by atoms with van der Waals surface area (Å²) in [5.41, 5.74) is 3.15. The first-order valence-corrected chi connectivity index (χ1v) is 22.2. The minimum absolute atomic E-state index is 0.159. The van der Waals surface area contributed by atoms with E-state index in [-0.39, 0.29) is 37.0 Å². The number of piperidine rings is 3. The van der Waals surface area contributed by atoms with E-state index in [1.165, 1.54) is 6.20 Å². The Kier molecular flexibility index (Phi) is 12.2. The lowest BCUT2D eigenvalue weighted by Crippen LogP contribution is -2.64. The molecule has 0 radical (unpaired) electrons. The number of nitrogens with one attached hydrogen (secondary N) is 3. The molecule has 5 aromatic rings. The quantitative estimate of drug-likeness (QED) is 0.150. The Balaban J connectivity index is 0.831. The number of hydrogen-bond donors (Lipinski definition) is 3. The highest BCUT2D eigenvalue weighted by Gasteiger charge is 2.44. The van der Waals surface area contributed by atoms with E-state index in [2.05, 4.69) is 38.1 Å². The number of amides is 5. The van der Waals surface area contributed by atoms with Crippen LogP contribution in [0.1, 0.15) is 88.8 Å². The number of fused-ring (bicyclic) bond motifs is 2. The third-order valence-electron chi connectivity index (χ3n) is 13.3. The van der Waals surface area contributed by atoms with Crippen molar-refractivity contribution in [1.82, 2.24) is 40.3 Å².